The Bertz CT molecular complexity index is 821. The fourth-order valence-corrected chi connectivity index (χ4v) is 3.85. The van der Waals surface area contributed by atoms with Crippen LogP contribution in [0.4, 0.5) is 11.4 Å². The van der Waals surface area contributed by atoms with E-state index in [4.69, 9.17) is 10.5 Å². The number of hydrogen-bond acceptors (Lipinski definition) is 7. The Morgan fingerprint density at radius 1 is 1.14 bits per heavy atom. The Morgan fingerprint density at radius 2 is 1.83 bits per heavy atom. The van der Waals surface area contributed by atoms with Gasteiger partial charge in [-0.1, -0.05) is 0 Å². The van der Waals surface area contributed by atoms with E-state index in [0.29, 0.717) is 18.7 Å². The van der Waals surface area contributed by atoms with Crippen molar-refractivity contribution in [1.82, 2.24) is 4.90 Å². The number of carbonyl (C=O) groups is 3. The topological polar surface area (TPSA) is 136 Å². The fraction of sp³-hybridized carbons (Fsp3) is 0.526. The van der Waals surface area contributed by atoms with Crippen LogP contribution in [0.2, 0.25) is 0 Å². The Kier molecular flexibility index (Phi) is 6.30. The van der Waals surface area contributed by atoms with Crippen LogP contribution in [-0.4, -0.2) is 59.9 Å². The average molecular weight is 404 g/mol. The smallest absolute Gasteiger partial charge is 0.341 e. The van der Waals surface area contributed by atoms with Gasteiger partial charge in [0.05, 0.1) is 16.2 Å². The summed E-state index contributed by atoms with van der Waals surface area (Å²) >= 11 is 0. The number of nitrogens with zero attached hydrogens (tertiary/aromatic N) is 3. The van der Waals surface area contributed by atoms with Crippen LogP contribution >= 0.6 is 0 Å². The minimum absolute atomic E-state index is 0.0546. The van der Waals surface area contributed by atoms with Gasteiger partial charge >= 0.3 is 5.97 Å². The van der Waals surface area contributed by atoms with Crippen molar-refractivity contribution in [3.63, 3.8) is 0 Å². The first-order chi connectivity index (χ1) is 13.9. The van der Waals surface area contributed by atoms with Crippen molar-refractivity contribution >= 4 is 29.2 Å². The van der Waals surface area contributed by atoms with Crippen LogP contribution in [0, 0.1) is 10.1 Å². The van der Waals surface area contributed by atoms with E-state index < -0.39 is 35.4 Å². The van der Waals surface area contributed by atoms with Crippen LogP contribution in [0.5, 0.6) is 0 Å². The molecule has 0 spiro atoms. The molecule has 0 bridgehead atoms. The van der Waals surface area contributed by atoms with Gasteiger partial charge in [-0.25, -0.2) is 4.79 Å². The first-order valence-corrected chi connectivity index (χ1v) is 9.68. The first kappa shape index (κ1) is 20.6. The summed E-state index contributed by atoms with van der Waals surface area (Å²) in [5, 5.41) is 11.1. The molecule has 0 radical (unpaired) electrons. The van der Waals surface area contributed by atoms with Crippen molar-refractivity contribution < 1.29 is 24.0 Å². The molecule has 29 heavy (non-hydrogen) atoms. The molecule has 1 aromatic rings. The highest BCUT2D eigenvalue weighted by Gasteiger charge is 2.31. The molecule has 2 saturated heterocycles. The number of nitro benzene ring substituents is 1. The molecule has 2 N–H and O–H groups in total. The second kappa shape index (κ2) is 8.89. The lowest BCUT2D eigenvalue weighted by atomic mass is 10.0. The molecule has 1 aromatic carbocycles. The highest BCUT2D eigenvalue weighted by molar-refractivity contribution is 5.98. The van der Waals surface area contributed by atoms with Gasteiger partial charge in [0.25, 0.3) is 11.6 Å². The summed E-state index contributed by atoms with van der Waals surface area (Å²) in [7, 11) is 0. The van der Waals surface area contributed by atoms with E-state index in [2.05, 4.69) is 0 Å². The Balaban J connectivity index is 1.74. The van der Waals surface area contributed by atoms with Gasteiger partial charge in [0, 0.05) is 31.8 Å². The number of likely N-dealkylation sites (tertiary alicyclic amines) is 1. The van der Waals surface area contributed by atoms with Crippen LogP contribution < -0.4 is 10.6 Å². The van der Waals surface area contributed by atoms with E-state index in [1.165, 1.54) is 23.1 Å². The highest BCUT2D eigenvalue weighted by Crippen LogP contribution is 2.29. The third kappa shape index (κ3) is 4.64. The normalized spacial score (nSPS) is 19.1. The second-order valence-corrected chi connectivity index (χ2v) is 7.23. The van der Waals surface area contributed by atoms with Gasteiger partial charge in [-0.15, -0.1) is 0 Å². The molecule has 0 aliphatic carbocycles. The molecule has 2 fully saturated rings. The average Bonchev–Trinajstić information content (AvgIpc) is 3.25. The molecule has 10 nitrogen and oxygen atoms in total. The predicted molar refractivity (Wildman–Crippen MR) is 103 cm³/mol. The molecule has 2 heterocycles. The number of nitrogens with two attached hydrogens (primary N) is 1. The number of rotatable bonds is 6. The minimum Gasteiger partial charge on any atom is -0.452 e. The number of benzene rings is 1. The number of amides is 2. The van der Waals surface area contributed by atoms with Gasteiger partial charge in [-0.05, 0) is 38.2 Å². The zero-order valence-electron chi connectivity index (χ0n) is 16.0. The Labute approximate surface area is 167 Å². The molecule has 156 valence electrons. The summed E-state index contributed by atoms with van der Waals surface area (Å²) in [4.78, 5) is 50.6. The monoisotopic (exact) mass is 404 g/mol. The molecule has 0 aromatic heterocycles. The van der Waals surface area contributed by atoms with Crippen molar-refractivity contribution in [3.05, 3.63) is 33.9 Å². The van der Waals surface area contributed by atoms with E-state index in [1.807, 2.05) is 4.90 Å². The zero-order chi connectivity index (χ0) is 21.0. The van der Waals surface area contributed by atoms with Crippen LogP contribution in [0.25, 0.3) is 0 Å². The Morgan fingerprint density at radius 3 is 2.48 bits per heavy atom. The third-order valence-corrected chi connectivity index (χ3v) is 5.34. The molecule has 0 saturated carbocycles. The van der Waals surface area contributed by atoms with E-state index in [0.717, 1.165) is 38.8 Å². The van der Waals surface area contributed by atoms with Crippen molar-refractivity contribution in [2.75, 3.05) is 31.1 Å². The number of ether oxygens (including phenoxy) is 1. The maximum absolute atomic E-state index is 12.7. The molecule has 2 aliphatic rings. The molecule has 10 heteroatoms. The van der Waals surface area contributed by atoms with Crippen molar-refractivity contribution in [2.24, 2.45) is 5.73 Å². The quantitative estimate of drug-likeness (QED) is 0.427. The molecule has 0 unspecified atom stereocenters. The summed E-state index contributed by atoms with van der Waals surface area (Å²) in [6.45, 7) is 1.31. The van der Waals surface area contributed by atoms with E-state index in [-0.39, 0.29) is 11.3 Å². The number of piperidine rings is 1. The van der Waals surface area contributed by atoms with E-state index in [9.17, 15) is 24.5 Å². The Hall–Kier alpha value is -3.17. The molecular weight excluding hydrogens is 380 g/mol. The standard InChI is InChI=1S/C19H24N4O6/c20-18(25)16-5-1-2-10-22(16)17(24)12-29-19(26)14-11-13(23(27)28)6-7-15(14)21-8-3-4-9-21/h6-7,11,16H,1-5,8-10,12H2,(H2,20,25)/t16-/m0/s1. The summed E-state index contributed by atoms with van der Waals surface area (Å²) < 4.78 is 5.17. The first-order valence-electron chi connectivity index (χ1n) is 9.68. The second-order valence-electron chi connectivity index (χ2n) is 7.23. The lowest BCUT2D eigenvalue weighted by Gasteiger charge is -2.33. The fourth-order valence-electron chi connectivity index (χ4n) is 3.85. The zero-order valence-corrected chi connectivity index (χ0v) is 16.0. The number of anilines is 1. The summed E-state index contributed by atoms with van der Waals surface area (Å²) in [6.07, 6.45) is 3.96. The van der Waals surface area contributed by atoms with Gasteiger partial charge in [0.15, 0.2) is 6.61 Å². The van der Waals surface area contributed by atoms with E-state index in [1.54, 1.807) is 0 Å². The summed E-state index contributed by atoms with van der Waals surface area (Å²) in [5.74, 6) is -1.90. The van der Waals surface area contributed by atoms with Crippen LogP contribution in [0.3, 0.4) is 0 Å². The number of carbonyl (C=O) groups excluding carboxylic acids is 3. The van der Waals surface area contributed by atoms with Crippen LogP contribution in [-0.2, 0) is 14.3 Å². The number of nitro groups is 1. The van der Waals surface area contributed by atoms with Gasteiger partial charge in [0.1, 0.15) is 6.04 Å². The number of hydrogen-bond donors (Lipinski definition) is 1. The third-order valence-electron chi connectivity index (χ3n) is 5.34. The number of non-ortho nitro benzene ring substituents is 1. The minimum atomic E-state index is -0.809. The lowest BCUT2D eigenvalue weighted by Crippen LogP contribution is -2.51. The van der Waals surface area contributed by atoms with Gasteiger partial charge in [0.2, 0.25) is 5.91 Å². The molecule has 2 amide bonds. The molecule has 3 rings (SSSR count). The van der Waals surface area contributed by atoms with E-state index >= 15 is 0 Å². The van der Waals surface area contributed by atoms with Crippen molar-refractivity contribution in [2.45, 2.75) is 38.1 Å². The van der Waals surface area contributed by atoms with Crippen LogP contribution in [0.1, 0.15) is 42.5 Å². The summed E-state index contributed by atoms with van der Waals surface area (Å²) in [6, 6.07) is 3.36. The largest absolute Gasteiger partial charge is 0.452 e. The maximum atomic E-state index is 12.7. The van der Waals surface area contributed by atoms with Gasteiger partial charge < -0.3 is 20.3 Å². The van der Waals surface area contributed by atoms with Crippen LogP contribution in [0.15, 0.2) is 18.2 Å². The highest BCUT2D eigenvalue weighted by atomic mass is 16.6. The molecular formula is C19H24N4O6. The molecule has 1 atom stereocenters. The number of esters is 1. The predicted octanol–water partition coefficient (Wildman–Crippen LogP) is 1.22. The van der Waals surface area contributed by atoms with Crippen molar-refractivity contribution in [1.29, 1.82) is 0 Å². The van der Waals surface area contributed by atoms with Gasteiger partial charge in [-0.3, -0.25) is 19.7 Å². The number of primary amides is 1. The van der Waals surface area contributed by atoms with Crippen molar-refractivity contribution in [3.8, 4) is 0 Å². The van der Waals surface area contributed by atoms with Gasteiger partial charge in [-0.2, -0.15) is 0 Å². The maximum Gasteiger partial charge on any atom is 0.341 e. The SMILES string of the molecule is NC(=O)[C@@H]1CCCCN1C(=O)COC(=O)c1cc([N+](=O)[O-])ccc1N1CCCC1. The summed E-state index contributed by atoms with van der Waals surface area (Å²) in [5.41, 5.74) is 5.75. The molecule has 2 aliphatic heterocycles. The lowest BCUT2D eigenvalue weighted by molar-refractivity contribution is -0.384.